The quantitative estimate of drug-likeness (QED) is 0.898. The molecule has 2 N–H and O–H groups in total. The molecule has 2 unspecified atom stereocenters. The van der Waals surface area contributed by atoms with Crippen LogP contribution in [-0.2, 0) is 11.3 Å². The number of carboxylic acid groups (broad SMARTS) is 1. The summed E-state index contributed by atoms with van der Waals surface area (Å²) in [6, 6.07) is 7.78. The second kappa shape index (κ2) is 6.61. The second-order valence-corrected chi connectivity index (χ2v) is 5.69. The highest BCUT2D eigenvalue weighted by molar-refractivity contribution is 5.75. The first-order valence-electron chi connectivity index (χ1n) is 7.31. The Labute approximate surface area is 125 Å². The highest BCUT2D eigenvalue weighted by Crippen LogP contribution is 2.23. The van der Waals surface area contributed by atoms with Crippen LogP contribution in [0.15, 0.2) is 24.3 Å². The fraction of sp³-hybridized carbons (Fsp3) is 0.500. The first-order valence-corrected chi connectivity index (χ1v) is 7.31. The van der Waals surface area contributed by atoms with E-state index in [1.54, 1.807) is 4.90 Å². The minimum Gasteiger partial charge on any atom is -0.481 e. The highest BCUT2D eigenvalue weighted by atomic mass is 16.4. The molecule has 0 saturated carbocycles. The fourth-order valence-electron chi connectivity index (χ4n) is 2.78. The van der Waals surface area contributed by atoms with E-state index in [0.717, 1.165) is 11.1 Å². The van der Waals surface area contributed by atoms with Gasteiger partial charge in [0.15, 0.2) is 0 Å². The molecule has 1 aliphatic heterocycles. The second-order valence-electron chi connectivity index (χ2n) is 5.69. The molecule has 21 heavy (non-hydrogen) atoms. The van der Waals surface area contributed by atoms with Gasteiger partial charge in [-0.25, -0.2) is 4.79 Å². The Morgan fingerprint density at radius 3 is 2.71 bits per heavy atom. The molecular formula is C16H22N2O3. The number of hydrogen-bond donors (Lipinski definition) is 2. The van der Waals surface area contributed by atoms with Gasteiger partial charge >= 0.3 is 12.0 Å². The van der Waals surface area contributed by atoms with Gasteiger partial charge in [0.2, 0.25) is 0 Å². The number of nitrogens with one attached hydrogen (secondary N) is 1. The minimum atomic E-state index is -0.762. The molecule has 0 radical (unpaired) electrons. The highest BCUT2D eigenvalue weighted by Gasteiger charge is 2.32. The summed E-state index contributed by atoms with van der Waals surface area (Å²) < 4.78 is 0. The van der Waals surface area contributed by atoms with Gasteiger partial charge in [-0.3, -0.25) is 4.79 Å². The van der Waals surface area contributed by atoms with Gasteiger partial charge in [0.25, 0.3) is 0 Å². The van der Waals surface area contributed by atoms with Gasteiger partial charge in [-0.15, -0.1) is 0 Å². The van der Waals surface area contributed by atoms with E-state index in [1.165, 1.54) is 0 Å². The maximum Gasteiger partial charge on any atom is 0.317 e. The SMILES string of the molecule is Cc1ccccc1CNC(=O)N1CCC(C(=O)O)CC1C. The normalized spacial score (nSPS) is 21.9. The zero-order valence-electron chi connectivity index (χ0n) is 12.5. The molecule has 0 bridgehead atoms. The van der Waals surface area contributed by atoms with Crippen molar-refractivity contribution in [2.24, 2.45) is 5.92 Å². The van der Waals surface area contributed by atoms with Crippen molar-refractivity contribution in [2.75, 3.05) is 6.54 Å². The first-order chi connectivity index (χ1) is 9.99. The van der Waals surface area contributed by atoms with Gasteiger partial charge in [-0.1, -0.05) is 24.3 Å². The van der Waals surface area contributed by atoms with Gasteiger partial charge in [-0.2, -0.15) is 0 Å². The maximum absolute atomic E-state index is 12.2. The molecular weight excluding hydrogens is 268 g/mol. The number of likely N-dealkylation sites (tertiary alicyclic amines) is 1. The lowest BCUT2D eigenvalue weighted by Gasteiger charge is -2.36. The van der Waals surface area contributed by atoms with E-state index in [-0.39, 0.29) is 18.0 Å². The lowest BCUT2D eigenvalue weighted by Crippen LogP contribution is -2.50. The number of aliphatic carboxylic acids is 1. The van der Waals surface area contributed by atoms with Crippen molar-refractivity contribution >= 4 is 12.0 Å². The number of benzene rings is 1. The van der Waals surface area contributed by atoms with Crippen molar-refractivity contribution in [2.45, 2.75) is 39.3 Å². The van der Waals surface area contributed by atoms with Crippen LogP contribution >= 0.6 is 0 Å². The predicted octanol–water partition coefficient (Wildman–Crippen LogP) is 2.39. The van der Waals surface area contributed by atoms with Crippen LogP contribution in [0, 0.1) is 12.8 Å². The van der Waals surface area contributed by atoms with Crippen molar-refractivity contribution < 1.29 is 14.7 Å². The Morgan fingerprint density at radius 2 is 2.10 bits per heavy atom. The van der Waals surface area contributed by atoms with E-state index in [2.05, 4.69) is 5.32 Å². The number of piperidine rings is 1. The number of carboxylic acids is 1. The third kappa shape index (κ3) is 3.74. The molecule has 1 aliphatic rings. The van der Waals surface area contributed by atoms with E-state index >= 15 is 0 Å². The fourth-order valence-corrected chi connectivity index (χ4v) is 2.78. The Balaban J connectivity index is 1.89. The van der Waals surface area contributed by atoms with Gasteiger partial charge in [0, 0.05) is 19.1 Å². The monoisotopic (exact) mass is 290 g/mol. The van der Waals surface area contributed by atoms with Crippen LogP contribution in [-0.4, -0.2) is 34.6 Å². The average Bonchev–Trinajstić information content (AvgIpc) is 2.46. The zero-order chi connectivity index (χ0) is 15.4. The standard InChI is InChI=1S/C16H22N2O3/c1-11-5-3-4-6-14(11)10-17-16(21)18-8-7-13(15(19)20)9-12(18)2/h3-6,12-13H,7-10H2,1-2H3,(H,17,21)(H,19,20). The number of nitrogens with zero attached hydrogens (tertiary/aromatic N) is 1. The molecule has 2 rings (SSSR count). The smallest absolute Gasteiger partial charge is 0.317 e. The molecule has 1 heterocycles. The Bertz CT molecular complexity index is 530. The van der Waals surface area contributed by atoms with E-state index < -0.39 is 5.97 Å². The summed E-state index contributed by atoms with van der Waals surface area (Å²) in [5, 5.41) is 12.0. The largest absolute Gasteiger partial charge is 0.481 e. The van der Waals surface area contributed by atoms with Crippen LogP contribution in [0.1, 0.15) is 30.9 Å². The molecule has 114 valence electrons. The summed E-state index contributed by atoms with van der Waals surface area (Å²) in [5.74, 6) is -1.10. The number of hydrogen-bond acceptors (Lipinski definition) is 2. The lowest BCUT2D eigenvalue weighted by atomic mass is 9.92. The summed E-state index contributed by atoms with van der Waals surface area (Å²) in [6.07, 6.45) is 1.05. The molecule has 1 fully saturated rings. The number of urea groups is 1. The molecule has 0 aliphatic carbocycles. The van der Waals surface area contributed by atoms with Gasteiger partial charge in [0.05, 0.1) is 5.92 Å². The molecule has 2 atom stereocenters. The van der Waals surface area contributed by atoms with Crippen molar-refractivity contribution in [1.29, 1.82) is 0 Å². The summed E-state index contributed by atoms with van der Waals surface area (Å²) in [4.78, 5) is 25.0. The van der Waals surface area contributed by atoms with Crippen LogP contribution in [0.4, 0.5) is 4.79 Å². The van der Waals surface area contributed by atoms with E-state index in [9.17, 15) is 9.59 Å². The molecule has 0 spiro atoms. The van der Waals surface area contributed by atoms with Gasteiger partial charge in [-0.05, 0) is 37.8 Å². The number of amides is 2. The average molecular weight is 290 g/mol. The molecule has 1 aromatic carbocycles. The number of carbonyl (C=O) groups is 2. The van der Waals surface area contributed by atoms with Gasteiger partial charge < -0.3 is 15.3 Å². The molecule has 0 aromatic heterocycles. The summed E-state index contributed by atoms with van der Waals surface area (Å²) >= 11 is 0. The molecule has 5 nitrogen and oxygen atoms in total. The number of aryl methyl sites for hydroxylation is 1. The van der Waals surface area contributed by atoms with Crippen LogP contribution < -0.4 is 5.32 Å². The number of rotatable bonds is 3. The topological polar surface area (TPSA) is 69.6 Å². The number of carbonyl (C=O) groups excluding carboxylic acids is 1. The summed E-state index contributed by atoms with van der Waals surface area (Å²) in [7, 11) is 0. The Morgan fingerprint density at radius 1 is 1.38 bits per heavy atom. The molecule has 2 amide bonds. The van der Waals surface area contributed by atoms with Crippen LogP contribution in [0.25, 0.3) is 0 Å². The van der Waals surface area contributed by atoms with Crippen molar-refractivity contribution in [3.05, 3.63) is 35.4 Å². The summed E-state index contributed by atoms with van der Waals surface area (Å²) in [5.41, 5.74) is 2.24. The molecule has 5 heteroatoms. The van der Waals surface area contributed by atoms with Crippen molar-refractivity contribution in [3.8, 4) is 0 Å². The van der Waals surface area contributed by atoms with E-state index in [1.807, 2.05) is 38.1 Å². The molecule has 1 aromatic rings. The van der Waals surface area contributed by atoms with Crippen molar-refractivity contribution in [1.82, 2.24) is 10.2 Å². The lowest BCUT2D eigenvalue weighted by molar-refractivity contribution is -0.143. The Kier molecular flexibility index (Phi) is 4.83. The van der Waals surface area contributed by atoms with Gasteiger partial charge in [0.1, 0.15) is 0 Å². The summed E-state index contributed by atoms with van der Waals surface area (Å²) in [6.45, 7) is 4.92. The minimum absolute atomic E-state index is 0.0447. The first kappa shape index (κ1) is 15.4. The van der Waals surface area contributed by atoms with Crippen LogP contribution in [0.5, 0.6) is 0 Å². The Hall–Kier alpha value is -2.04. The maximum atomic E-state index is 12.2. The van der Waals surface area contributed by atoms with Crippen molar-refractivity contribution in [3.63, 3.8) is 0 Å². The van der Waals surface area contributed by atoms with E-state index in [0.29, 0.717) is 25.9 Å². The van der Waals surface area contributed by atoms with E-state index in [4.69, 9.17) is 5.11 Å². The third-order valence-electron chi connectivity index (χ3n) is 4.18. The third-order valence-corrected chi connectivity index (χ3v) is 4.18. The predicted molar refractivity (Wildman–Crippen MR) is 79.9 cm³/mol. The molecule has 1 saturated heterocycles. The zero-order valence-corrected chi connectivity index (χ0v) is 12.5. The van der Waals surface area contributed by atoms with Crippen LogP contribution in [0.3, 0.4) is 0 Å². The van der Waals surface area contributed by atoms with Crippen LogP contribution in [0.2, 0.25) is 0 Å².